The predicted octanol–water partition coefficient (Wildman–Crippen LogP) is 3.00. The molecular weight excluding hydrogens is 332 g/mol. The summed E-state index contributed by atoms with van der Waals surface area (Å²) in [6.45, 7) is 6.73. The number of carbonyl (C=O) groups is 1. The summed E-state index contributed by atoms with van der Waals surface area (Å²) in [5.74, 6) is 0.453. The molecule has 1 unspecified atom stereocenters. The van der Waals surface area contributed by atoms with Crippen LogP contribution in [0, 0.1) is 5.92 Å². The topological polar surface area (TPSA) is 52.6 Å². The second kappa shape index (κ2) is 7.27. The number of likely N-dealkylation sites (tertiary alicyclic amines) is 1. The number of piperidine rings is 1. The number of rotatable bonds is 4. The Bertz CT molecular complexity index is 505. The standard InChI is InChI=1S/C16H23BrN2O2/c1-11(2)18-9-12-4-3-7-19(10-12)16(21)14-6-5-13(17)8-15(14)20/h5-6,8,11-12,18,20H,3-4,7,9-10H2,1-2H3. The van der Waals surface area contributed by atoms with Gasteiger partial charge in [-0.15, -0.1) is 0 Å². The van der Waals surface area contributed by atoms with Crippen LogP contribution < -0.4 is 5.32 Å². The molecule has 116 valence electrons. The van der Waals surface area contributed by atoms with E-state index in [9.17, 15) is 9.90 Å². The van der Waals surface area contributed by atoms with Gasteiger partial charge in [0.15, 0.2) is 0 Å². The Kier molecular flexibility index (Phi) is 5.65. The molecule has 4 nitrogen and oxygen atoms in total. The fraction of sp³-hybridized carbons (Fsp3) is 0.562. The zero-order chi connectivity index (χ0) is 15.4. The number of phenols is 1. The van der Waals surface area contributed by atoms with Gasteiger partial charge in [-0.3, -0.25) is 4.79 Å². The average molecular weight is 355 g/mol. The van der Waals surface area contributed by atoms with Crippen molar-refractivity contribution in [3.05, 3.63) is 28.2 Å². The molecule has 1 atom stereocenters. The summed E-state index contributed by atoms with van der Waals surface area (Å²) in [7, 11) is 0. The summed E-state index contributed by atoms with van der Waals surface area (Å²) in [4.78, 5) is 14.4. The van der Waals surface area contributed by atoms with Crippen molar-refractivity contribution >= 4 is 21.8 Å². The highest BCUT2D eigenvalue weighted by Gasteiger charge is 2.25. The van der Waals surface area contributed by atoms with Crippen molar-refractivity contribution in [3.8, 4) is 5.75 Å². The van der Waals surface area contributed by atoms with E-state index in [4.69, 9.17) is 0 Å². The summed E-state index contributed by atoms with van der Waals surface area (Å²) in [6.07, 6.45) is 2.17. The maximum atomic E-state index is 12.5. The zero-order valence-corrected chi connectivity index (χ0v) is 14.2. The molecule has 0 radical (unpaired) electrons. The monoisotopic (exact) mass is 354 g/mol. The van der Waals surface area contributed by atoms with Crippen LogP contribution in [0.5, 0.6) is 5.75 Å². The van der Waals surface area contributed by atoms with Crippen LogP contribution in [0.15, 0.2) is 22.7 Å². The minimum atomic E-state index is -0.0748. The largest absolute Gasteiger partial charge is 0.507 e. The third-order valence-electron chi connectivity index (χ3n) is 3.81. The van der Waals surface area contributed by atoms with Gasteiger partial charge in [-0.2, -0.15) is 0 Å². The van der Waals surface area contributed by atoms with Gasteiger partial charge in [0.1, 0.15) is 5.75 Å². The average Bonchev–Trinajstić information content (AvgIpc) is 2.45. The first-order valence-corrected chi connectivity index (χ1v) is 8.28. The molecule has 0 saturated carbocycles. The minimum Gasteiger partial charge on any atom is -0.507 e. The van der Waals surface area contributed by atoms with E-state index < -0.39 is 0 Å². The summed E-state index contributed by atoms with van der Waals surface area (Å²) in [5.41, 5.74) is 0.385. The molecule has 0 aromatic heterocycles. The third-order valence-corrected chi connectivity index (χ3v) is 4.30. The van der Waals surface area contributed by atoms with Crippen LogP contribution in [0.4, 0.5) is 0 Å². The number of aromatic hydroxyl groups is 1. The number of benzene rings is 1. The van der Waals surface area contributed by atoms with Crippen molar-refractivity contribution in [2.45, 2.75) is 32.7 Å². The number of nitrogens with one attached hydrogen (secondary N) is 1. The SMILES string of the molecule is CC(C)NCC1CCCN(C(=O)c2ccc(Br)cc2O)C1. The van der Waals surface area contributed by atoms with E-state index in [0.29, 0.717) is 17.5 Å². The molecule has 0 bridgehead atoms. The van der Waals surface area contributed by atoms with Crippen molar-refractivity contribution in [1.29, 1.82) is 0 Å². The van der Waals surface area contributed by atoms with Crippen LogP contribution in [-0.4, -0.2) is 41.6 Å². The van der Waals surface area contributed by atoms with Gasteiger partial charge in [0.2, 0.25) is 0 Å². The third kappa shape index (κ3) is 4.45. The Hall–Kier alpha value is -1.07. The fourth-order valence-electron chi connectivity index (χ4n) is 2.67. The van der Waals surface area contributed by atoms with Crippen LogP contribution >= 0.6 is 15.9 Å². The smallest absolute Gasteiger partial charge is 0.257 e. The Morgan fingerprint density at radius 2 is 2.29 bits per heavy atom. The van der Waals surface area contributed by atoms with Crippen molar-refractivity contribution in [1.82, 2.24) is 10.2 Å². The lowest BCUT2D eigenvalue weighted by molar-refractivity contribution is 0.0669. The lowest BCUT2D eigenvalue weighted by Gasteiger charge is -2.33. The van der Waals surface area contributed by atoms with E-state index >= 15 is 0 Å². The first kappa shape index (κ1) is 16.3. The fourth-order valence-corrected chi connectivity index (χ4v) is 3.02. The summed E-state index contributed by atoms with van der Waals surface area (Å²) < 4.78 is 0.772. The number of phenolic OH excluding ortho intramolecular Hbond substituents is 1. The molecule has 5 heteroatoms. The lowest BCUT2D eigenvalue weighted by atomic mass is 9.97. The zero-order valence-electron chi connectivity index (χ0n) is 12.6. The van der Waals surface area contributed by atoms with E-state index in [-0.39, 0.29) is 11.7 Å². The highest BCUT2D eigenvalue weighted by Crippen LogP contribution is 2.25. The molecule has 1 saturated heterocycles. The van der Waals surface area contributed by atoms with Gasteiger partial charge in [0, 0.05) is 23.6 Å². The van der Waals surface area contributed by atoms with Crippen LogP contribution in [0.2, 0.25) is 0 Å². The molecule has 1 aromatic carbocycles. The van der Waals surface area contributed by atoms with Gasteiger partial charge in [-0.1, -0.05) is 29.8 Å². The molecule has 1 amide bonds. The molecule has 1 aromatic rings. The second-order valence-corrected chi connectivity index (χ2v) is 6.90. The molecule has 21 heavy (non-hydrogen) atoms. The molecule has 2 rings (SSSR count). The number of halogens is 1. The second-order valence-electron chi connectivity index (χ2n) is 5.98. The highest BCUT2D eigenvalue weighted by molar-refractivity contribution is 9.10. The summed E-state index contributed by atoms with van der Waals surface area (Å²) in [6, 6.07) is 5.49. The van der Waals surface area contributed by atoms with Crippen LogP contribution in [0.1, 0.15) is 37.0 Å². The van der Waals surface area contributed by atoms with E-state index in [2.05, 4.69) is 35.1 Å². The number of carbonyl (C=O) groups excluding carboxylic acids is 1. The molecule has 2 N–H and O–H groups in total. The van der Waals surface area contributed by atoms with E-state index in [1.807, 2.05) is 4.90 Å². The molecule has 0 aliphatic carbocycles. The number of amides is 1. The van der Waals surface area contributed by atoms with Crippen molar-refractivity contribution in [2.75, 3.05) is 19.6 Å². The minimum absolute atomic E-state index is 0.0387. The molecule has 1 heterocycles. The number of hydrogen-bond donors (Lipinski definition) is 2. The van der Waals surface area contributed by atoms with Crippen molar-refractivity contribution in [2.24, 2.45) is 5.92 Å². The van der Waals surface area contributed by atoms with Crippen LogP contribution in [-0.2, 0) is 0 Å². The van der Waals surface area contributed by atoms with Crippen LogP contribution in [0.3, 0.4) is 0 Å². The van der Waals surface area contributed by atoms with E-state index in [0.717, 1.165) is 36.9 Å². The maximum absolute atomic E-state index is 12.5. The maximum Gasteiger partial charge on any atom is 0.257 e. The molecule has 1 fully saturated rings. The first-order chi connectivity index (χ1) is 9.97. The van der Waals surface area contributed by atoms with Gasteiger partial charge in [-0.25, -0.2) is 0 Å². The Morgan fingerprint density at radius 3 is 2.95 bits per heavy atom. The Morgan fingerprint density at radius 1 is 1.52 bits per heavy atom. The van der Waals surface area contributed by atoms with Crippen molar-refractivity contribution in [3.63, 3.8) is 0 Å². The highest BCUT2D eigenvalue weighted by atomic mass is 79.9. The molecule has 1 aliphatic rings. The Balaban J connectivity index is 2.01. The molecular formula is C16H23BrN2O2. The van der Waals surface area contributed by atoms with Gasteiger partial charge in [-0.05, 0) is 43.5 Å². The van der Waals surface area contributed by atoms with Gasteiger partial charge in [0.25, 0.3) is 5.91 Å². The van der Waals surface area contributed by atoms with Crippen molar-refractivity contribution < 1.29 is 9.90 Å². The van der Waals surface area contributed by atoms with Gasteiger partial charge in [0.05, 0.1) is 5.56 Å². The number of nitrogens with zero attached hydrogens (tertiary/aromatic N) is 1. The normalized spacial score (nSPS) is 19.0. The summed E-state index contributed by atoms with van der Waals surface area (Å²) in [5, 5.41) is 13.4. The number of hydrogen-bond acceptors (Lipinski definition) is 3. The van der Waals surface area contributed by atoms with Gasteiger partial charge < -0.3 is 15.3 Å². The quantitative estimate of drug-likeness (QED) is 0.873. The first-order valence-electron chi connectivity index (χ1n) is 7.48. The van der Waals surface area contributed by atoms with Crippen LogP contribution in [0.25, 0.3) is 0 Å². The Labute approximate surface area is 134 Å². The molecule has 0 spiro atoms. The van der Waals surface area contributed by atoms with E-state index in [1.54, 1.807) is 18.2 Å². The molecule has 1 aliphatic heterocycles. The van der Waals surface area contributed by atoms with E-state index in [1.165, 1.54) is 0 Å². The predicted molar refractivity (Wildman–Crippen MR) is 87.6 cm³/mol. The van der Waals surface area contributed by atoms with Gasteiger partial charge >= 0.3 is 0 Å². The lowest BCUT2D eigenvalue weighted by Crippen LogP contribution is -2.43. The summed E-state index contributed by atoms with van der Waals surface area (Å²) >= 11 is 3.29.